The minimum atomic E-state index is -1.12. The van der Waals surface area contributed by atoms with E-state index in [2.05, 4.69) is 5.32 Å². The number of carbonyl (C=O) groups excluding carboxylic acids is 3. The molecule has 154 valence electrons. The maximum Gasteiger partial charge on any atom is 0.326 e. The number of hydrogen-bond acceptors (Lipinski definition) is 6. The van der Waals surface area contributed by atoms with E-state index in [9.17, 15) is 29.1 Å². The third kappa shape index (κ3) is 3.05. The number of nitrogens with zero attached hydrogens (tertiary/aromatic N) is 2. The summed E-state index contributed by atoms with van der Waals surface area (Å²) in [5.41, 5.74) is 0. The minimum Gasteiger partial charge on any atom is -0.481 e. The van der Waals surface area contributed by atoms with Gasteiger partial charge in [0.15, 0.2) is 5.79 Å². The van der Waals surface area contributed by atoms with E-state index in [-0.39, 0.29) is 49.7 Å². The Bertz CT molecular complexity index is 739. The van der Waals surface area contributed by atoms with Gasteiger partial charge in [0.1, 0.15) is 17.9 Å². The number of Topliss-reactive ketones (excluding diaryl/α,β-unsaturated/α-hetero) is 1. The summed E-state index contributed by atoms with van der Waals surface area (Å²) in [7, 11) is 0. The number of carboxylic acids is 2. The summed E-state index contributed by atoms with van der Waals surface area (Å²) in [6.45, 7) is 3.12. The van der Waals surface area contributed by atoms with Gasteiger partial charge in [0.25, 0.3) is 0 Å². The van der Waals surface area contributed by atoms with E-state index in [1.807, 2.05) is 0 Å². The zero-order chi connectivity index (χ0) is 20.8. The number of rotatable bonds is 8. The van der Waals surface area contributed by atoms with Crippen LogP contribution in [-0.2, 0) is 24.0 Å². The topological polar surface area (TPSA) is 144 Å². The lowest BCUT2D eigenvalue weighted by Gasteiger charge is -2.34. The Balaban J connectivity index is 1.65. The molecule has 3 aliphatic heterocycles. The number of carboxylic acid groups (broad SMARTS) is 2. The molecular formula is C18H25N3O7. The van der Waals surface area contributed by atoms with Crippen molar-refractivity contribution in [1.82, 2.24) is 15.1 Å². The van der Waals surface area contributed by atoms with Crippen molar-refractivity contribution >= 4 is 29.5 Å². The van der Waals surface area contributed by atoms with Crippen LogP contribution in [-0.4, -0.2) is 73.5 Å². The Morgan fingerprint density at radius 3 is 2.46 bits per heavy atom. The second kappa shape index (κ2) is 7.16. The van der Waals surface area contributed by atoms with Crippen LogP contribution >= 0.6 is 0 Å². The quantitative estimate of drug-likeness (QED) is 0.511. The first-order valence-electron chi connectivity index (χ1n) is 9.51. The van der Waals surface area contributed by atoms with E-state index in [0.717, 1.165) is 0 Å². The molecule has 0 bridgehead atoms. The monoisotopic (exact) mass is 395 g/mol. The molecule has 3 fully saturated rings. The average molecular weight is 395 g/mol. The van der Waals surface area contributed by atoms with Gasteiger partial charge in [-0.25, -0.2) is 4.79 Å². The lowest BCUT2D eigenvalue weighted by atomic mass is 10.0. The largest absolute Gasteiger partial charge is 0.481 e. The third-order valence-electron chi connectivity index (χ3n) is 6.07. The van der Waals surface area contributed by atoms with Crippen LogP contribution in [0.4, 0.5) is 0 Å². The predicted octanol–water partition coefficient (Wildman–Crippen LogP) is -0.231. The highest BCUT2D eigenvalue weighted by molar-refractivity contribution is 5.98. The van der Waals surface area contributed by atoms with Gasteiger partial charge in [-0.3, -0.25) is 34.3 Å². The van der Waals surface area contributed by atoms with Gasteiger partial charge >= 0.3 is 11.9 Å². The molecule has 0 aliphatic carbocycles. The third-order valence-corrected chi connectivity index (χ3v) is 6.07. The molecule has 0 radical (unpaired) electrons. The van der Waals surface area contributed by atoms with Crippen molar-refractivity contribution in [3.8, 4) is 0 Å². The highest BCUT2D eigenvalue weighted by atomic mass is 16.4. The predicted molar refractivity (Wildman–Crippen MR) is 93.7 cm³/mol. The van der Waals surface area contributed by atoms with Gasteiger partial charge in [-0.05, 0) is 26.2 Å². The van der Waals surface area contributed by atoms with Gasteiger partial charge in [-0.1, -0.05) is 6.92 Å². The van der Waals surface area contributed by atoms with Crippen molar-refractivity contribution in [2.45, 2.75) is 76.3 Å². The van der Waals surface area contributed by atoms with E-state index in [0.29, 0.717) is 6.42 Å². The van der Waals surface area contributed by atoms with Crippen LogP contribution in [0.25, 0.3) is 0 Å². The van der Waals surface area contributed by atoms with Crippen LogP contribution in [0.3, 0.4) is 0 Å². The van der Waals surface area contributed by atoms with Crippen LogP contribution < -0.4 is 5.32 Å². The molecule has 28 heavy (non-hydrogen) atoms. The fraction of sp³-hybridized carbons (Fsp3) is 0.722. The van der Waals surface area contributed by atoms with E-state index in [1.165, 1.54) is 16.7 Å². The van der Waals surface area contributed by atoms with Crippen molar-refractivity contribution in [1.29, 1.82) is 0 Å². The van der Waals surface area contributed by atoms with Gasteiger partial charge in [-0.2, -0.15) is 0 Å². The minimum absolute atomic E-state index is 0.115. The summed E-state index contributed by atoms with van der Waals surface area (Å²) in [5, 5.41) is 21.4. The lowest BCUT2D eigenvalue weighted by Crippen LogP contribution is -2.58. The lowest BCUT2D eigenvalue weighted by molar-refractivity contribution is -0.150. The molecule has 3 rings (SSSR count). The van der Waals surface area contributed by atoms with Crippen LogP contribution in [0.15, 0.2) is 0 Å². The molecule has 2 amide bonds. The van der Waals surface area contributed by atoms with Crippen LogP contribution in [0.2, 0.25) is 0 Å². The van der Waals surface area contributed by atoms with Gasteiger partial charge in [0.2, 0.25) is 11.8 Å². The molecule has 3 saturated heterocycles. The Kier molecular flexibility index (Phi) is 5.18. The second-order valence-corrected chi connectivity index (χ2v) is 7.85. The summed E-state index contributed by atoms with van der Waals surface area (Å²) >= 11 is 0. The number of ketones is 1. The first-order chi connectivity index (χ1) is 13.1. The number of carbonyl (C=O) groups is 5. The highest BCUT2D eigenvalue weighted by Gasteiger charge is 2.68. The van der Waals surface area contributed by atoms with Crippen LogP contribution in [0.5, 0.6) is 0 Å². The molecule has 0 saturated carbocycles. The van der Waals surface area contributed by atoms with Crippen LogP contribution in [0, 0.1) is 5.92 Å². The maximum atomic E-state index is 12.9. The highest BCUT2D eigenvalue weighted by Crippen LogP contribution is 2.46. The molecule has 5 atom stereocenters. The van der Waals surface area contributed by atoms with E-state index >= 15 is 0 Å². The Hall–Kier alpha value is -2.49. The molecule has 0 aromatic carbocycles. The average Bonchev–Trinajstić information content (AvgIpc) is 3.20. The Morgan fingerprint density at radius 2 is 1.86 bits per heavy atom. The first-order valence-corrected chi connectivity index (χ1v) is 9.51. The van der Waals surface area contributed by atoms with Crippen molar-refractivity contribution in [2.24, 2.45) is 5.92 Å². The first kappa shape index (κ1) is 20.2. The second-order valence-electron chi connectivity index (χ2n) is 7.85. The molecule has 4 unspecified atom stereocenters. The van der Waals surface area contributed by atoms with Gasteiger partial charge in [0, 0.05) is 19.3 Å². The molecule has 10 nitrogen and oxygen atoms in total. The molecule has 1 spiro atoms. The van der Waals surface area contributed by atoms with Gasteiger partial charge in [0.05, 0.1) is 12.0 Å². The normalized spacial score (nSPS) is 32.4. The molecule has 0 aromatic heterocycles. The van der Waals surface area contributed by atoms with Crippen molar-refractivity contribution in [2.75, 3.05) is 0 Å². The molecule has 10 heteroatoms. The molecule has 3 N–H and O–H groups in total. The molecule has 3 aliphatic rings. The fourth-order valence-electron chi connectivity index (χ4n) is 4.50. The van der Waals surface area contributed by atoms with Crippen LogP contribution in [0.1, 0.15) is 52.4 Å². The summed E-state index contributed by atoms with van der Waals surface area (Å²) in [5.74, 6) is -4.59. The maximum absolute atomic E-state index is 12.9. The summed E-state index contributed by atoms with van der Waals surface area (Å²) in [6.07, 6.45) is 1.30. The smallest absolute Gasteiger partial charge is 0.326 e. The summed E-state index contributed by atoms with van der Waals surface area (Å²) < 4.78 is 0. The SMILES string of the molecule is CC(CCC(=O)CCC1N[C@]23CCC(C(=O)O)N2C(=O)C(C)N3C1=O)C(=O)O. The molecule has 3 heterocycles. The fourth-order valence-corrected chi connectivity index (χ4v) is 4.50. The number of nitrogens with one attached hydrogen (secondary N) is 1. The van der Waals surface area contributed by atoms with Crippen molar-refractivity contribution < 1.29 is 34.2 Å². The Morgan fingerprint density at radius 1 is 1.18 bits per heavy atom. The van der Waals surface area contributed by atoms with Gasteiger partial charge in [-0.15, -0.1) is 0 Å². The summed E-state index contributed by atoms with van der Waals surface area (Å²) in [6, 6.07) is -2.40. The van der Waals surface area contributed by atoms with E-state index in [4.69, 9.17) is 5.11 Å². The van der Waals surface area contributed by atoms with Crippen molar-refractivity contribution in [3.05, 3.63) is 0 Å². The molecular weight excluding hydrogens is 370 g/mol. The number of aliphatic carboxylic acids is 2. The van der Waals surface area contributed by atoms with E-state index < -0.39 is 41.8 Å². The van der Waals surface area contributed by atoms with Crippen molar-refractivity contribution in [3.63, 3.8) is 0 Å². The Labute approximate surface area is 161 Å². The number of amides is 2. The molecule has 0 aromatic rings. The summed E-state index contributed by atoms with van der Waals surface area (Å²) in [4.78, 5) is 62.6. The standard InChI is InChI=1S/C18H25N3O7/c1-9(16(25)26)3-4-11(22)5-6-12-15(24)20-10(2)14(23)21-13(17(27)28)7-8-18(20,21)19-12/h9-10,12-13,19H,3-8H2,1-2H3,(H,25,26)(H,27,28)/t9?,10?,12?,13?,18-/m0/s1. The number of hydrogen-bond donors (Lipinski definition) is 3. The van der Waals surface area contributed by atoms with Gasteiger partial charge < -0.3 is 10.2 Å². The zero-order valence-electron chi connectivity index (χ0n) is 15.9. The zero-order valence-corrected chi connectivity index (χ0v) is 15.9. The van der Waals surface area contributed by atoms with E-state index in [1.54, 1.807) is 6.92 Å².